The lowest BCUT2D eigenvalue weighted by molar-refractivity contribution is -0.134. The first-order valence-electron chi connectivity index (χ1n) is 10.4. The van der Waals surface area contributed by atoms with E-state index in [1.54, 1.807) is 11.0 Å². The Morgan fingerprint density at radius 3 is 2.27 bits per heavy atom. The first-order valence-corrected chi connectivity index (χ1v) is 11.8. The molecule has 0 radical (unpaired) electrons. The first-order chi connectivity index (χ1) is 14.3. The number of carbonyl (C=O) groups excluding carboxylic acids is 1. The number of aryl methyl sites for hydroxylation is 3. The summed E-state index contributed by atoms with van der Waals surface area (Å²) >= 11 is 0. The van der Waals surface area contributed by atoms with Crippen molar-refractivity contribution in [3.05, 3.63) is 59.2 Å². The van der Waals surface area contributed by atoms with Gasteiger partial charge in [0.1, 0.15) is 5.75 Å². The van der Waals surface area contributed by atoms with E-state index in [1.807, 2.05) is 50.2 Å². The van der Waals surface area contributed by atoms with Gasteiger partial charge in [0.15, 0.2) is 6.61 Å². The Balaban J connectivity index is 1.53. The minimum atomic E-state index is -3.56. The minimum Gasteiger partial charge on any atom is -0.484 e. The van der Waals surface area contributed by atoms with E-state index in [0.717, 1.165) is 24.0 Å². The molecule has 0 N–H and O–H groups in total. The van der Waals surface area contributed by atoms with Crippen LogP contribution in [0.5, 0.6) is 5.75 Å². The van der Waals surface area contributed by atoms with E-state index in [4.69, 9.17) is 4.74 Å². The second-order valence-corrected chi connectivity index (χ2v) is 9.64. The smallest absolute Gasteiger partial charge is 0.260 e. The fourth-order valence-electron chi connectivity index (χ4n) is 3.68. The second-order valence-electron chi connectivity index (χ2n) is 7.74. The second kappa shape index (κ2) is 9.62. The number of nitrogens with zero attached hydrogens (tertiary/aromatic N) is 2. The van der Waals surface area contributed by atoms with Crippen LogP contribution in [0.15, 0.2) is 47.4 Å². The quantitative estimate of drug-likeness (QED) is 0.677. The maximum absolute atomic E-state index is 13.0. The largest absolute Gasteiger partial charge is 0.484 e. The lowest BCUT2D eigenvalue weighted by Crippen LogP contribution is -2.51. The predicted octanol–water partition coefficient (Wildman–Crippen LogP) is 3.17. The van der Waals surface area contributed by atoms with E-state index < -0.39 is 10.0 Å². The first kappa shape index (κ1) is 22.3. The summed E-state index contributed by atoms with van der Waals surface area (Å²) in [5, 5.41) is 0. The van der Waals surface area contributed by atoms with Gasteiger partial charge < -0.3 is 9.64 Å². The fraction of sp³-hybridized carbons (Fsp3) is 0.435. The highest BCUT2D eigenvalue weighted by molar-refractivity contribution is 7.89. The van der Waals surface area contributed by atoms with E-state index in [2.05, 4.69) is 6.92 Å². The molecule has 3 rings (SSSR count). The van der Waals surface area contributed by atoms with E-state index >= 15 is 0 Å². The monoisotopic (exact) mass is 430 g/mol. The fourth-order valence-corrected chi connectivity index (χ4v) is 5.31. The molecule has 6 nitrogen and oxygen atoms in total. The van der Waals surface area contributed by atoms with Crippen molar-refractivity contribution in [1.82, 2.24) is 9.21 Å². The molecule has 2 aromatic rings. The zero-order valence-electron chi connectivity index (χ0n) is 17.9. The molecule has 0 bridgehead atoms. The summed E-state index contributed by atoms with van der Waals surface area (Å²) in [5.41, 5.74) is 3.02. The highest BCUT2D eigenvalue weighted by Gasteiger charge is 2.31. The van der Waals surface area contributed by atoms with Crippen LogP contribution in [-0.2, 0) is 21.2 Å². The molecule has 0 unspecified atom stereocenters. The molecule has 0 aromatic heterocycles. The Hall–Kier alpha value is -2.38. The molecule has 0 atom stereocenters. The average molecular weight is 431 g/mol. The Morgan fingerprint density at radius 1 is 1.00 bits per heavy atom. The van der Waals surface area contributed by atoms with Crippen molar-refractivity contribution in [2.24, 2.45) is 0 Å². The predicted molar refractivity (Wildman–Crippen MR) is 117 cm³/mol. The van der Waals surface area contributed by atoms with Gasteiger partial charge in [-0.15, -0.1) is 0 Å². The van der Waals surface area contributed by atoms with Gasteiger partial charge in [0, 0.05) is 26.2 Å². The van der Waals surface area contributed by atoms with Gasteiger partial charge in [-0.1, -0.05) is 43.2 Å². The van der Waals surface area contributed by atoms with E-state index in [0.29, 0.717) is 23.7 Å². The summed E-state index contributed by atoms with van der Waals surface area (Å²) in [7, 11) is -3.56. The number of sulfonamides is 1. The lowest BCUT2D eigenvalue weighted by atomic mass is 10.1. The third-order valence-corrected chi connectivity index (χ3v) is 7.42. The van der Waals surface area contributed by atoms with Crippen LogP contribution in [0.2, 0.25) is 0 Å². The Bertz CT molecular complexity index is 979. The molecule has 1 aliphatic rings. The summed E-state index contributed by atoms with van der Waals surface area (Å²) in [5.74, 6) is 0.537. The van der Waals surface area contributed by atoms with Gasteiger partial charge in [0.2, 0.25) is 10.0 Å². The third-order valence-electron chi connectivity index (χ3n) is 5.36. The van der Waals surface area contributed by atoms with Crippen molar-refractivity contribution in [1.29, 1.82) is 0 Å². The van der Waals surface area contributed by atoms with Gasteiger partial charge in [-0.05, 0) is 49.6 Å². The minimum absolute atomic E-state index is 0.0447. The highest BCUT2D eigenvalue weighted by atomic mass is 32.2. The number of piperazine rings is 1. The van der Waals surface area contributed by atoms with Crippen LogP contribution in [-0.4, -0.2) is 56.3 Å². The van der Waals surface area contributed by atoms with E-state index in [9.17, 15) is 13.2 Å². The maximum Gasteiger partial charge on any atom is 0.260 e. The van der Waals surface area contributed by atoms with Crippen LogP contribution < -0.4 is 4.74 Å². The molecule has 1 saturated heterocycles. The normalized spacial score (nSPS) is 15.2. The summed E-state index contributed by atoms with van der Waals surface area (Å²) in [6.07, 6.45) is 2.11. The maximum atomic E-state index is 13.0. The topological polar surface area (TPSA) is 66.9 Å². The zero-order valence-corrected chi connectivity index (χ0v) is 18.7. The molecule has 1 heterocycles. The molecule has 2 aromatic carbocycles. The SMILES string of the molecule is CCCc1ccc(OCC(=O)N2CCN(S(=O)(=O)c3ccc(C)cc3C)CC2)cc1. The lowest BCUT2D eigenvalue weighted by Gasteiger charge is -2.34. The average Bonchev–Trinajstić information content (AvgIpc) is 2.73. The molecule has 0 spiro atoms. The van der Waals surface area contributed by atoms with Gasteiger partial charge in [-0.3, -0.25) is 4.79 Å². The van der Waals surface area contributed by atoms with Gasteiger partial charge in [0.25, 0.3) is 5.91 Å². The number of amides is 1. The molecule has 0 aliphatic carbocycles. The molecule has 0 saturated carbocycles. The van der Waals surface area contributed by atoms with Crippen LogP contribution in [0, 0.1) is 13.8 Å². The number of carbonyl (C=O) groups is 1. The van der Waals surface area contributed by atoms with E-state index in [1.165, 1.54) is 9.87 Å². The molecule has 1 aliphatic heterocycles. The number of hydrogen-bond donors (Lipinski definition) is 0. The van der Waals surface area contributed by atoms with Crippen molar-refractivity contribution in [3.8, 4) is 5.75 Å². The van der Waals surface area contributed by atoms with Crippen molar-refractivity contribution in [2.75, 3.05) is 32.8 Å². The summed E-state index contributed by atoms with van der Waals surface area (Å²) in [4.78, 5) is 14.5. The van der Waals surface area contributed by atoms with Crippen LogP contribution in [0.1, 0.15) is 30.0 Å². The Morgan fingerprint density at radius 2 is 1.67 bits per heavy atom. The standard InChI is InChI=1S/C23H30N2O4S/c1-4-5-20-7-9-21(10-8-20)29-17-23(26)24-12-14-25(15-13-24)30(27,28)22-11-6-18(2)16-19(22)3/h6-11,16H,4-5,12-15,17H2,1-3H3. The summed E-state index contributed by atoms with van der Waals surface area (Å²) in [6.45, 7) is 7.14. The van der Waals surface area contributed by atoms with Crippen molar-refractivity contribution < 1.29 is 17.9 Å². The highest BCUT2D eigenvalue weighted by Crippen LogP contribution is 2.22. The molecule has 30 heavy (non-hydrogen) atoms. The zero-order chi connectivity index (χ0) is 21.7. The van der Waals surface area contributed by atoms with Gasteiger partial charge in [0.05, 0.1) is 4.90 Å². The van der Waals surface area contributed by atoms with E-state index in [-0.39, 0.29) is 25.6 Å². The molecule has 1 fully saturated rings. The number of hydrogen-bond acceptors (Lipinski definition) is 4. The molecule has 7 heteroatoms. The summed E-state index contributed by atoms with van der Waals surface area (Å²) in [6, 6.07) is 13.1. The van der Waals surface area contributed by atoms with Crippen molar-refractivity contribution in [2.45, 2.75) is 38.5 Å². The van der Waals surface area contributed by atoms with Gasteiger partial charge >= 0.3 is 0 Å². The number of ether oxygens (including phenoxy) is 1. The molecular formula is C23H30N2O4S. The van der Waals surface area contributed by atoms with Crippen LogP contribution in [0.25, 0.3) is 0 Å². The number of benzene rings is 2. The van der Waals surface area contributed by atoms with Crippen LogP contribution in [0.4, 0.5) is 0 Å². The van der Waals surface area contributed by atoms with Gasteiger partial charge in [-0.2, -0.15) is 4.31 Å². The van der Waals surface area contributed by atoms with Crippen molar-refractivity contribution >= 4 is 15.9 Å². The molecular weight excluding hydrogens is 400 g/mol. The van der Waals surface area contributed by atoms with Crippen LogP contribution in [0.3, 0.4) is 0 Å². The summed E-state index contributed by atoms with van der Waals surface area (Å²) < 4.78 is 33.0. The Kier molecular flexibility index (Phi) is 7.15. The van der Waals surface area contributed by atoms with Gasteiger partial charge in [-0.25, -0.2) is 8.42 Å². The number of rotatable bonds is 7. The Labute approximate surface area is 179 Å². The van der Waals surface area contributed by atoms with Crippen molar-refractivity contribution in [3.63, 3.8) is 0 Å². The van der Waals surface area contributed by atoms with Crippen LogP contribution >= 0.6 is 0 Å². The third kappa shape index (κ3) is 5.21. The molecule has 162 valence electrons. The molecule has 1 amide bonds.